The summed E-state index contributed by atoms with van der Waals surface area (Å²) in [5.74, 6) is -1.23. The van der Waals surface area contributed by atoms with Crippen LogP contribution in [0.1, 0.15) is 21.6 Å². The van der Waals surface area contributed by atoms with E-state index in [0.29, 0.717) is 48.1 Å². The summed E-state index contributed by atoms with van der Waals surface area (Å²) in [6.45, 7) is 1.82. The Bertz CT molecular complexity index is 1820. The van der Waals surface area contributed by atoms with Gasteiger partial charge in [0.2, 0.25) is 0 Å². The van der Waals surface area contributed by atoms with E-state index < -0.39 is 21.6 Å². The standard InChI is InChI=1S/C28H24ClFN6O4S/c1-41(38,39)26-13-20(30)4-5-24(26)36(16-17-2-3-18-11-21(29)27(32)34-22(18)10-17)28(37)19-12-25(23(14-31)33-15-19)35-6-8-40-9-7-35/h2-5,10-13,15H,6-9,16H2,1H3,(H2,32,34). The number of benzene rings is 2. The molecule has 0 unspecified atom stereocenters. The van der Waals surface area contributed by atoms with Crippen molar-refractivity contribution in [3.05, 3.63) is 82.4 Å². The summed E-state index contributed by atoms with van der Waals surface area (Å²) in [5.41, 5.74) is 7.71. The minimum absolute atomic E-state index is 0.0140. The van der Waals surface area contributed by atoms with E-state index in [-0.39, 0.29) is 34.2 Å². The van der Waals surface area contributed by atoms with Crippen LogP contribution in [0.4, 0.5) is 21.6 Å². The normalized spacial score (nSPS) is 13.7. The van der Waals surface area contributed by atoms with E-state index in [4.69, 9.17) is 22.1 Å². The number of nitriles is 1. The quantitative estimate of drug-likeness (QED) is 0.351. The molecule has 3 heterocycles. The van der Waals surface area contributed by atoms with E-state index in [1.165, 1.54) is 17.2 Å². The molecular weight excluding hydrogens is 571 g/mol. The van der Waals surface area contributed by atoms with Crippen LogP contribution < -0.4 is 15.5 Å². The molecule has 13 heteroatoms. The van der Waals surface area contributed by atoms with Crippen molar-refractivity contribution in [3.8, 4) is 6.07 Å². The lowest BCUT2D eigenvalue weighted by molar-refractivity contribution is 0.0984. The van der Waals surface area contributed by atoms with Gasteiger partial charge in [-0.3, -0.25) is 4.79 Å². The summed E-state index contributed by atoms with van der Waals surface area (Å²) in [6.07, 6.45) is 2.21. The van der Waals surface area contributed by atoms with Crippen LogP contribution in [0.3, 0.4) is 0 Å². The summed E-state index contributed by atoms with van der Waals surface area (Å²) in [7, 11) is -3.95. The summed E-state index contributed by atoms with van der Waals surface area (Å²) in [5, 5.41) is 10.7. The van der Waals surface area contributed by atoms with Gasteiger partial charge in [0.25, 0.3) is 5.91 Å². The van der Waals surface area contributed by atoms with Crippen LogP contribution in [0.15, 0.2) is 59.6 Å². The molecule has 1 fully saturated rings. The number of carbonyl (C=O) groups is 1. The molecule has 0 aliphatic carbocycles. The van der Waals surface area contributed by atoms with Gasteiger partial charge in [-0.05, 0) is 42.0 Å². The van der Waals surface area contributed by atoms with Crippen LogP contribution in [0.5, 0.6) is 0 Å². The molecule has 0 saturated carbocycles. The van der Waals surface area contributed by atoms with Crippen molar-refractivity contribution in [1.82, 2.24) is 9.97 Å². The first-order chi connectivity index (χ1) is 19.5. The zero-order valence-electron chi connectivity index (χ0n) is 21.8. The SMILES string of the molecule is CS(=O)(=O)c1cc(F)ccc1N(Cc1ccc2cc(Cl)c(N)nc2c1)C(=O)c1cnc(C#N)c(N2CCOCC2)c1. The Morgan fingerprint density at radius 1 is 1.20 bits per heavy atom. The number of nitrogen functional groups attached to an aromatic ring is 1. The predicted octanol–water partition coefficient (Wildman–Crippen LogP) is 3.96. The second-order valence-electron chi connectivity index (χ2n) is 9.46. The number of rotatable bonds is 6. The second kappa shape index (κ2) is 11.3. The number of pyridine rings is 2. The van der Waals surface area contributed by atoms with Gasteiger partial charge < -0.3 is 20.3 Å². The molecule has 10 nitrogen and oxygen atoms in total. The number of hydrogen-bond donors (Lipinski definition) is 1. The number of nitrogens with zero attached hydrogens (tertiary/aromatic N) is 5. The molecule has 4 aromatic rings. The van der Waals surface area contributed by atoms with E-state index in [1.54, 1.807) is 30.3 Å². The second-order valence-corrected chi connectivity index (χ2v) is 11.9. The van der Waals surface area contributed by atoms with E-state index >= 15 is 0 Å². The fourth-order valence-corrected chi connectivity index (χ4v) is 5.66. The highest BCUT2D eigenvalue weighted by atomic mass is 35.5. The van der Waals surface area contributed by atoms with Crippen LogP contribution >= 0.6 is 11.6 Å². The molecule has 2 aromatic carbocycles. The van der Waals surface area contributed by atoms with E-state index in [0.717, 1.165) is 23.8 Å². The molecule has 1 aliphatic rings. The van der Waals surface area contributed by atoms with Gasteiger partial charge >= 0.3 is 0 Å². The third-order valence-corrected chi connectivity index (χ3v) is 8.06. The minimum atomic E-state index is -3.95. The number of hydrogen-bond acceptors (Lipinski definition) is 9. The first kappa shape index (κ1) is 28.2. The molecule has 2 N–H and O–H groups in total. The highest BCUT2D eigenvalue weighted by Gasteiger charge is 2.27. The van der Waals surface area contributed by atoms with Crippen molar-refractivity contribution in [2.24, 2.45) is 0 Å². The third-order valence-electron chi connectivity index (χ3n) is 6.63. The van der Waals surface area contributed by atoms with Crippen LogP contribution in [-0.2, 0) is 21.1 Å². The smallest absolute Gasteiger partial charge is 0.260 e. The fourth-order valence-electron chi connectivity index (χ4n) is 4.61. The molecule has 0 bridgehead atoms. The van der Waals surface area contributed by atoms with Crippen molar-refractivity contribution in [3.63, 3.8) is 0 Å². The van der Waals surface area contributed by atoms with Crippen LogP contribution in [0.2, 0.25) is 5.02 Å². The summed E-state index contributed by atoms with van der Waals surface area (Å²) in [6, 6.07) is 13.7. The largest absolute Gasteiger partial charge is 0.382 e. The van der Waals surface area contributed by atoms with Crippen LogP contribution in [0, 0.1) is 17.1 Å². The summed E-state index contributed by atoms with van der Waals surface area (Å²) < 4.78 is 45.0. The molecule has 0 radical (unpaired) electrons. The average molecular weight is 595 g/mol. The monoisotopic (exact) mass is 594 g/mol. The maximum Gasteiger partial charge on any atom is 0.260 e. The van der Waals surface area contributed by atoms with Gasteiger partial charge in [0.05, 0.1) is 52.1 Å². The molecule has 1 amide bonds. The Morgan fingerprint density at radius 2 is 1.95 bits per heavy atom. The molecule has 41 heavy (non-hydrogen) atoms. The number of sulfone groups is 1. The molecule has 1 saturated heterocycles. The van der Waals surface area contributed by atoms with Gasteiger partial charge in [-0.25, -0.2) is 22.8 Å². The number of halogens is 2. The van der Waals surface area contributed by atoms with Gasteiger partial charge in [0.1, 0.15) is 17.7 Å². The molecule has 2 aromatic heterocycles. The lowest BCUT2D eigenvalue weighted by Crippen LogP contribution is -2.37. The number of amides is 1. The zero-order valence-corrected chi connectivity index (χ0v) is 23.4. The van der Waals surface area contributed by atoms with Gasteiger partial charge in [-0.15, -0.1) is 0 Å². The van der Waals surface area contributed by atoms with Crippen molar-refractivity contribution < 1.29 is 22.3 Å². The maximum atomic E-state index is 14.2. The highest BCUT2D eigenvalue weighted by Crippen LogP contribution is 2.31. The van der Waals surface area contributed by atoms with Gasteiger partial charge in [-0.2, -0.15) is 5.26 Å². The molecular formula is C28H24ClFN6O4S. The van der Waals surface area contributed by atoms with E-state index in [1.807, 2.05) is 4.90 Å². The Morgan fingerprint density at radius 3 is 2.66 bits per heavy atom. The van der Waals surface area contributed by atoms with Crippen molar-refractivity contribution in [1.29, 1.82) is 5.26 Å². The van der Waals surface area contributed by atoms with Crippen molar-refractivity contribution >= 4 is 55.4 Å². The predicted molar refractivity (Wildman–Crippen MR) is 153 cm³/mol. The Hall–Kier alpha value is -4.31. The Balaban J connectivity index is 1.63. The van der Waals surface area contributed by atoms with E-state index in [2.05, 4.69) is 16.0 Å². The highest BCUT2D eigenvalue weighted by molar-refractivity contribution is 7.90. The minimum Gasteiger partial charge on any atom is -0.382 e. The fraction of sp³-hybridized carbons (Fsp3) is 0.214. The molecule has 0 spiro atoms. The Labute approximate surface area is 240 Å². The van der Waals surface area contributed by atoms with Crippen LogP contribution in [0.25, 0.3) is 10.9 Å². The number of carbonyl (C=O) groups excluding carboxylic acids is 1. The number of anilines is 3. The first-order valence-electron chi connectivity index (χ1n) is 12.4. The lowest BCUT2D eigenvalue weighted by atomic mass is 10.1. The molecule has 0 atom stereocenters. The van der Waals surface area contributed by atoms with Gasteiger partial charge in [0.15, 0.2) is 15.5 Å². The zero-order chi connectivity index (χ0) is 29.3. The van der Waals surface area contributed by atoms with E-state index in [9.17, 15) is 22.9 Å². The van der Waals surface area contributed by atoms with Crippen LogP contribution in [-0.4, -0.2) is 56.9 Å². The number of morpholine rings is 1. The van der Waals surface area contributed by atoms with Gasteiger partial charge in [-0.1, -0.05) is 23.7 Å². The molecule has 210 valence electrons. The van der Waals surface area contributed by atoms with Gasteiger partial charge in [0, 0.05) is 30.9 Å². The lowest BCUT2D eigenvalue weighted by Gasteiger charge is -2.30. The average Bonchev–Trinajstić information content (AvgIpc) is 2.96. The number of nitrogens with two attached hydrogens (primary N) is 1. The van der Waals surface area contributed by atoms with Crippen molar-refractivity contribution in [2.75, 3.05) is 48.1 Å². The summed E-state index contributed by atoms with van der Waals surface area (Å²) >= 11 is 6.10. The molecule has 1 aliphatic heterocycles. The Kier molecular flexibility index (Phi) is 7.77. The first-order valence-corrected chi connectivity index (χ1v) is 14.7. The number of fused-ring (bicyclic) bond motifs is 1. The topological polar surface area (TPSA) is 143 Å². The molecule has 5 rings (SSSR count). The third kappa shape index (κ3) is 5.92. The number of aromatic nitrogens is 2. The number of ether oxygens (including phenoxy) is 1. The van der Waals surface area contributed by atoms with Crippen molar-refractivity contribution in [2.45, 2.75) is 11.4 Å². The maximum absolute atomic E-state index is 14.2. The summed E-state index contributed by atoms with van der Waals surface area (Å²) in [4.78, 5) is 25.4.